The van der Waals surface area contributed by atoms with E-state index in [9.17, 15) is 4.79 Å². The van der Waals surface area contributed by atoms with Crippen LogP contribution >= 0.6 is 0 Å². The zero-order valence-electron chi connectivity index (χ0n) is 21.1. The summed E-state index contributed by atoms with van der Waals surface area (Å²) in [5, 5.41) is 4.24. The fourth-order valence-corrected chi connectivity index (χ4v) is 4.48. The highest BCUT2D eigenvalue weighted by Crippen LogP contribution is 2.24. The lowest BCUT2D eigenvalue weighted by Gasteiger charge is -2.27. The minimum Gasteiger partial charge on any atom is -0.351 e. The Kier molecular flexibility index (Phi) is 7.92. The molecule has 184 valence electrons. The van der Waals surface area contributed by atoms with Gasteiger partial charge in [0.05, 0.1) is 11.4 Å². The number of likely N-dealkylation sites (tertiary alicyclic amines) is 1. The molecule has 35 heavy (non-hydrogen) atoms. The van der Waals surface area contributed by atoms with Crippen LogP contribution in [0.15, 0.2) is 47.6 Å². The quantitative estimate of drug-likeness (QED) is 0.422. The highest BCUT2D eigenvalue weighted by molar-refractivity contribution is 5.98. The van der Waals surface area contributed by atoms with Crippen molar-refractivity contribution in [1.29, 1.82) is 0 Å². The van der Waals surface area contributed by atoms with Crippen molar-refractivity contribution in [2.45, 2.75) is 46.1 Å². The largest absolute Gasteiger partial charge is 0.351 e. The van der Waals surface area contributed by atoms with Crippen LogP contribution in [0.2, 0.25) is 0 Å². The molecule has 1 aliphatic rings. The maximum atomic E-state index is 13.2. The number of benzene rings is 1. The Labute approximate surface area is 207 Å². The Hall–Kier alpha value is -3.52. The SMILES string of the molecule is C/C=C(\N=CCC)c1ccnc(Nc2ccc3[nH]c(C(=O)N(CC)CC4CCCN4C)cc3c2)n1. The van der Waals surface area contributed by atoms with E-state index in [0.717, 1.165) is 53.9 Å². The van der Waals surface area contributed by atoms with Gasteiger partial charge in [-0.25, -0.2) is 9.97 Å². The Bertz CT molecular complexity index is 1230. The van der Waals surface area contributed by atoms with E-state index in [0.29, 0.717) is 24.2 Å². The Morgan fingerprint density at radius 1 is 1.31 bits per heavy atom. The second-order valence-electron chi connectivity index (χ2n) is 8.89. The second-order valence-corrected chi connectivity index (χ2v) is 8.89. The second kappa shape index (κ2) is 11.3. The Morgan fingerprint density at radius 2 is 2.17 bits per heavy atom. The number of carbonyl (C=O) groups is 1. The summed E-state index contributed by atoms with van der Waals surface area (Å²) in [6, 6.07) is 10.2. The van der Waals surface area contributed by atoms with E-state index >= 15 is 0 Å². The average Bonchev–Trinajstić information content (AvgIpc) is 3.48. The number of amides is 1. The van der Waals surface area contributed by atoms with Crippen LogP contribution < -0.4 is 5.32 Å². The molecule has 1 saturated heterocycles. The van der Waals surface area contributed by atoms with Crippen molar-refractivity contribution in [3.63, 3.8) is 0 Å². The van der Waals surface area contributed by atoms with Crippen LogP contribution in [-0.2, 0) is 0 Å². The van der Waals surface area contributed by atoms with Gasteiger partial charge in [-0.15, -0.1) is 0 Å². The number of nitrogens with one attached hydrogen (secondary N) is 2. The van der Waals surface area contributed by atoms with Gasteiger partial charge in [0, 0.05) is 48.1 Å². The molecule has 4 rings (SSSR count). The van der Waals surface area contributed by atoms with Crippen molar-refractivity contribution in [3.05, 3.63) is 54.0 Å². The monoisotopic (exact) mass is 473 g/mol. The van der Waals surface area contributed by atoms with Crippen LogP contribution in [0.25, 0.3) is 16.6 Å². The first-order valence-corrected chi connectivity index (χ1v) is 12.4. The van der Waals surface area contributed by atoms with Crippen LogP contribution in [-0.4, -0.2) is 69.6 Å². The van der Waals surface area contributed by atoms with Crippen molar-refractivity contribution >= 4 is 40.4 Å². The van der Waals surface area contributed by atoms with Crippen molar-refractivity contribution in [2.24, 2.45) is 4.99 Å². The maximum absolute atomic E-state index is 13.2. The number of nitrogens with zero attached hydrogens (tertiary/aromatic N) is 5. The lowest BCUT2D eigenvalue weighted by Crippen LogP contribution is -2.41. The molecule has 0 bridgehead atoms. The van der Waals surface area contributed by atoms with E-state index < -0.39 is 0 Å². The van der Waals surface area contributed by atoms with Gasteiger partial charge in [0.2, 0.25) is 5.95 Å². The lowest BCUT2D eigenvalue weighted by atomic mass is 10.2. The van der Waals surface area contributed by atoms with E-state index in [1.54, 1.807) is 6.20 Å². The number of aromatic amines is 1. The summed E-state index contributed by atoms with van der Waals surface area (Å²) in [7, 11) is 2.14. The topological polar surface area (TPSA) is 89.5 Å². The van der Waals surface area contributed by atoms with Crippen LogP contribution in [0, 0.1) is 0 Å². The smallest absolute Gasteiger partial charge is 0.270 e. The first-order chi connectivity index (χ1) is 17.0. The molecule has 1 fully saturated rings. The molecule has 8 nitrogen and oxygen atoms in total. The van der Waals surface area contributed by atoms with Crippen LogP contribution in [0.4, 0.5) is 11.6 Å². The Morgan fingerprint density at radius 3 is 2.89 bits per heavy atom. The summed E-state index contributed by atoms with van der Waals surface area (Å²) >= 11 is 0. The molecule has 2 aromatic heterocycles. The number of fused-ring (bicyclic) bond motifs is 1. The third kappa shape index (κ3) is 5.77. The molecule has 0 radical (unpaired) electrons. The molecule has 1 unspecified atom stereocenters. The van der Waals surface area contributed by atoms with Crippen molar-refractivity contribution in [1.82, 2.24) is 24.8 Å². The van der Waals surface area contributed by atoms with E-state index in [4.69, 9.17) is 0 Å². The standard InChI is InChI=1S/C27H35N7O/c1-5-13-28-22(6-2)24-12-14-29-27(32-24)30-20-10-11-23-19(16-20)17-25(31-23)26(35)34(7-3)18-21-9-8-15-33(21)4/h6,10-14,16-17,21,31H,5,7-9,15,18H2,1-4H3,(H,29,30,32)/b22-6-,28-13?. The summed E-state index contributed by atoms with van der Waals surface area (Å²) in [5.41, 5.74) is 3.97. The zero-order chi connectivity index (χ0) is 24.8. The van der Waals surface area contributed by atoms with Gasteiger partial charge < -0.3 is 20.1 Å². The van der Waals surface area contributed by atoms with E-state index in [-0.39, 0.29) is 5.91 Å². The summed E-state index contributed by atoms with van der Waals surface area (Å²) in [6.45, 7) is 8.59. The molecule has 0 aliphatic carbocycles. The van der Waals surface area contributed by atoms with E-state index in [1.807, 2.05) is 68.3 Å². The molecule has 1 amide bonds. The molecule has 2 N–H and O–H groups in total. The summed E-state index contributed by atoms with van der Waals surface area (Å²) in [5.74, 6) is 0.540. The van der Waals surface area contributed by atoms with Gasteiger partial charge in [-0.05, 0) is 77.0 Å². The number of aliphatic imine (C=N–C) groups is 1. The number of carbonyl (C=O) groups excluding carboxylic acids is 1. The third-order valence-corrected chi connectivity index (χ3v) is 6.48. The summed E-state index contributed by atoms with van der Waals surface area (Å²) < 4.78 is 0. The first-order valence-electron chi connectivity index (χ1n) is 12.4. The first kappa shape index (κ1) is 24.6. The van der Waals surface area contributed by atoms with Gasteiger partial charge in [0.15, 0.2) is 0 Å². The minimum absolute atomic E-state index is 0.0426. The van der Waals surface area contributed by atoms with Gasteiger partial charge in [-0.2, -0.15) is 0 Å². The van der Waals surface area contributed by atoms with Gasteiger partial charge in [0.25, 0.3) is 5.91 Å². The number of hydrogen-bond donors (Lipinski definition) is 2. The number of likely N-dealkylation sites (N-methyl/N-ethyl adjacent to an activating group) is 2. The predicted molar refractivity (Wildman–Crippen MR) is 143 cm³/mol. The van der Waals surface area contributed by atoms with Gasteiger partial charge >= 0.3 is 0 Å². The highest BCUT2D eigenvalue weighted by atomic mass is 16.2. The predicted octanol–water partition coefficient (Wildman–Crippen LogP) is 5.10. The molecule has 0 spiro atoms. The van der Waals surface area contributed by atoms with Crippen molar-refractivity contribution in [2.75, 3.05) is 32.0 Å². The molecular weight excluding hydrogens is 438 g/mol. The normalized spacial score (nSPS) is 16.9. The molecular formula is C27H35N7O. The highest BCUT2D eigenvalue weighted by Gasteiger charge is 2.26. The van der Waals surface area contributed by atoms with Crippen LogP contribution in [0.5, 0.6) is 0 Å². The Balaban J connectivity index is 1.50. The molecule has 1 atom stereocenters. The number of anilines is 2. The van der Waals surface area contributed by atoms with E-state index in [2.05, 4.69) is 37.2 Å². The van der Waals surface area contributed by atoms with Gasteiger partial charge in [-0.3, -0.25) is 9.79 Å². The van der Waals surface area contributed by atoms with Crippen LogP contribution in [0.3, 0.4) is 0 Å². The van der Waals surface area contributed by atoms with E-state index in [1.165, 1.54) is 6.42 Å². The molecule has 1 aliphatic heterocycles. The minimum atomic E-state index is 0.0426. The number of aromatic nitrogens is 3. The summed E-state index contributed by atoms with van der Waals surface area (Å²) in [6.07, 6.45) is 8.74. The van der Waals surface area contributed by atoms with Gasteiger partial charge in [-0.1, -0.05) is 13.0 Å². The van der Waals surface area contributed by atoms with Crippen molar-refractivity contribution in [3.8, 4) is 0 Å². The number of hydrogen-bond acceptors (Lipinski definition) is 6. The number of rotatable bonds is 9. The fraction of sp³-hybridized carbons (Fsp3) is 0.407. The van der Waals surface area contributed by atoms with Crippen molar-refractivity contribution < 1.29 is 4.79 Å². The number of H-pyrrole nitrogens is 1. The maximum Gasteiger partial charge on any atom is 0.270 e. The molecule has 1 aromatic carbocycles. The fourth-order valence-electron chi connectivity index (χ4n) is 4.48. The molecule has 3 aromatic rings. The average molecular weight is 474 g/mol. The number of allylic oxidation sites excluding steroid dienone is 1. The zero-order valence-corrected chi connectivity index (χ0v) is 21.1. The molecule has 0 saturated carbocycles. The van der Waals surface area contributed by atoms with Gasteiger partial charge in [0.1, 0.15) is 5.69 Å². The van der Waals surface area contributed by atoms with Crippen LogP contribution in [0.1, 0.15) is 56.2 Å². The summed E-state index contributed by atoms with van der Waals surface area (Å²) in [4.78, 5) is 34.3. The molecule has 3 heterocycles. The third-order valence-electron chi connectivity index (χ3n) is 6.48. The lowest BCUT2D eigenvalue weighted by molar-refractivity contribution is 0.0720. The molecule has 8 heteroatoms.